The molecule has 0 bridgehead atoms. The Kier molecular flexibility index (Phi) is 14.5. The van der Waals surface area contributed by atoms with Crippen LogP contribution in [-0.2, 0) is 4.79 Å². The van der Waals surface area contributed by atoms with Crippen molar-refractivity contribution in [2.24, 2.45) is 0 Å². The maximum atomic E-state index is 10.6. The Bertz CT molecular complexity index is 1300. The minimum absolute atomic E-state index is 0.0309. The van der Waals surface area contributed by atoms with E-state index in [0.717, 1.165) is 0 Å². The molecule has 0 radical (unpaired) electrons. The van der Waals surface area contributed by atoms with Gasteiger partial charge in [0, 0.05) is 6.07 Å². The van der Waals surface area contributed by atoms with Crippen LogP contribution in [0.15, 0.2) is 36.4 Å². The van der Waals surface area contributed by atoms with E-state index in [4.69, 9.17) is 124 Å². The molecule has 0 heterocycles. The van der Waals surface area contributed by atoms with Crippen LogP contribution in [0.5, 0.6) is 5.75 Å². The van der Waals surface area contributed by atoms with Crippen molar-refractivity contribution in [3.8, 4) is 5.75 Å². The number of hydrogen-bond donors (Lipinski definition) is 3. The van der Waals surface area contributed by atoms with Crippen LogP contribution >= 0.6 is 104 Å². The number of aromatic carboxylic acids is 2. The Labute approximate surface area is 260 Å². The van der Waals surface area contributed by atoms with E-state index in [1.165, 1.54) is 36.4 Å². The van der Waals surface area contributed by atoms with Gasteiger partial charge in [-0.1, -0.05) is 104 Å². The number of hydrogen-bond acceptors (Lipinski definition) is 4. The van der Waals surface area contributed by atoms with E-state index in [2.05, 4.69) is 0 Å². The van der Waals surface area contributed by atoms with Crippen molar-refractivity contribution in [1.29, 1.82) is 0 Å². The first-order chi connectivity index (χ1) is 17.6. The van der Waals surface area contributed by atoms with E-state index in [1.807, 2.05) is 0 Å². The van der Waals surface area contributed by atoms with Crippen molar-refractivity contribution < 1.29 is 34.4 Å². The molecule has 7 nitrogen and oxygen atoms in total. The summed E-state index contributed by atoms with van der Waals surface area (Å²) in [5.74, 6) is -3.27. The standard InChI is InChI=1S/C8H5Cl3O3.2C7H3Cl3O2/c9-4-1-6(11)7(2-5(4)10)14-3-8(12)13;2*8-3-1-2-4(9)6(10)5(3)7(11)12/h1-2H,3H2,(H,12,13);2*1-2H,(H,11,12). The monoisotopic (exact) mass is 702 g/mol. The number of ether oxygens (including phenoxy) is 1. The molecule has 0 fully saturated rings. The lowest BCUT2D eigenvalue weighted by Crippen LogP contribution is -2.09. The summed E-state index contributed by atoms with van der Waals surface area (Å²) >= 11 is 50.6. The topological polar surface area (TPSA) is 121 Å². The van der Waals surface area contributed by atoms with Gasteiger partial charge in [0.05, 0.1) is 56.3 Å². The molecule has 16 heteroatoms. The van der Waals surface area contributed by atoms with Crippen LogP contribution in [0.1, 0.15) is 20.7 Å². The third-order valence-corrected chi connectivity index (χ3v) is 7.10. The Balaban J connectivity index is 0.000000286. The second-order valence-corrected chi connectivity index (χ2v) is 10.0. The van der Waals surface area contributed by atoms with Crippen LogP contribution in [0, 0.1) is 0 Å². The van der Waals surface area contributed by atoms with Gasteiger partial charge in [-0.15, -0.1) is 0 Å². The molecule has 0 saturated carbocycles. The van der Waals surface area contributed by atoms with Crippen molar-refractivity contribution in [2.45, 2.75) is 0 Å². The summed E-state index contributed by atoms with van der Waals surface area (Å²) in [6, 6.07) is 8.42. The quantitative estimate of drug-likeness (QED) is 0.226. The van der Waals surface area contributed by atoms with E-state index < -0.39 is 24.5 Å². The first kappa shape index (κ1) is 34.5. The number of rotatable bonds is 5. The predicted molar refractivity (Wildman–Crippen MR) is 151 cm³/mol. The van der Waals surface area contributed by atoms with Gasteiger partial charge >= 0.3 is 17.9 Å². The van der Waals surface area contributed by atoms with Gasteiger partial charge in [0.2, 0.25) is 0 Å². The van der Waals surface area contributed by atoms with Crippen molar-refractivity contribution in [3.63, 3.8) is 0 Å². The lowest BCUT2D eigenvalue weighted by molar-refractivity contribution is -0.139. The highest BCUT2D eigenvalue weighted by Crippen LogP contribution is 2.34. The maximum absolute atomic E-state index is 10.6. The third kappa shape index (κ3) is 10.2. The van der Waals surface area contributed by atoms with Crippen molar-refractivity contribution in [2.75, 3.05) is 6.61 Å². The number of aliphatic carboxylic acids is 1. The summed E-state index contributed by atoms with van der Waals surface area (Å²) in [5, 5.41) is 26.9. The van der Waals surface area contributed by atoms with Crippen LogP contribution in [-0.4, -0.2) is 39.8 Å². The normalized spacial score (nSPS) is 9.92. The van der Waals surface area contributed by atoms with Crippen molar-refractivity contribution in [1.82, 2.24) is 0 Å². The van der Waals surface area contributed by atoms with Gasteiger partial charge in [-0.2, -0.15) is 0 Å². The van der Waals surface area contributed by atoms with Gasteiger partial charge < -0.3 is 20.1 Å². The summed E-state index contributed by atoms with van der Waals surface area (Å²) < 4.78 is 4.86. The summed E-state index contributed by atoms with van der Waals surface area (Å²) in [6.45, 7) is -0.475. The zero-order valence-corrected chi connectivity index (χ0v) is 24.9. The zero-order chi connectivity index (χ0) is 29.3. The summed E-state index contributed by atoms with van der Waals surface area (Å²) in [4.78, 5) is 31.3. The van der Waals surface area contributed by atoms with Gasteiger partial charge in [0.25, 0.3) is 0 Å². The Hall–Kier alpha value is -1.52. The molecular weight excluding hydrogens is 695 g/mol. The summed E-state index contributed by atoms with van der Waals surface area (Å²) in [7, 11) is 0. The first-order valence-corrected chi connectivity index (χ1v) is 12.7. The molecule has 0 atom stereocenters. The Morgan fingerprint density at radius 3 is 1.26 bits per heavy atom. The van der Waals surface area contributed by atoms with E-state index in [1.54, 1.807) is 0 Å². The molecule has 0 spiro atoms. The molecule has 3 rings (SSSR count). The number of carboxylic acid groups (broad SMARTS) is 3. The van der Waals surface area contributed by atoms with Crippen LogP contribution in [0.3, 0.4) is 0 Å². The number of benzene rings is 3. The van der Waals surface area contributed by atoms with E-state index in [9.17, 15) is 14.4 Å². The fraction of sp³-hybridized carbons (Fsp3) is 0.0455. The molecule has 3 aromatic rings. The average molecular weight is 706 g/mol. The second kappa shape index (κ2) is 15.9. The van der Waals surface area contributed by atoms with Gasteiger partial charge in [-0.3, -0.25) is 0 Å². The SMILES string of the molecule is O=C(O)COc1cc(Cl)c(Cl)cc1Cl.O=C(O)c1c(Cl)ccc(Cl)c1Cl.O=C(O)c1c(Cl)ccc(Cl)c1Cl. The van der Waals surface area contributed by atoms with E-state index in [-0.39, 0.29) is 57.1 Å². The molecule has 0 aromatic heterocycles. The largest absolute Gasteiger partial charge is 0.480 e. The molecule has 0 amide bonds. The van der Waals surface area contributed by atoms with Gasteiger partial charge in [-0.25, -0.2) is 14.4 Å². The predicted octanol–water partition coefficient (Wildman–Crippen LogP) is 9.80. The summed E-state index contributed by atoms with van der Waals surface area (Å²) in [6.07, 6.45) is 0. The molecule has 0 saturated heterocycles. The zero-order valence-electron chi connectivity index (χ0n) is 18.0. The molecule has 0 unspecified atom stereocenters. The maximum Gasteiger partial charge on any atom is 0.341 e. The highest BCUT2D eigenvalue weighted by Gasteiger charge is 2.16. The number of carboxylic acids is 3. The minimum atomic E-state index is -1.19. The number of carbonyl (C=O) groups is 3. The third-order valence-electron chi connectivity index (χ3n) is 3.84. The second-order valence-electron chi connectivity index (χ2n) is 6.43. The fourth-order valence-corrected chi connectivity index (χ4v) is 4.17. The smallest absolute Gasteiger partial charge is 0.341 e. The molecular formula is C22H11Cl9O7. The van der Waals surface area contributed by atoms with Crippen LogP contribution in [0.2, 0.25) is 45.2 Å². The van der Waals surface area contributed by atoms with Crippen LogP contribution in [0.25, 0.3) is 0 Å². The summed E-state index contributed by atoms with van der Waals surface area (Å²) in [5.41, 5.74) is -0.323. The molecule has 3 N–H and O–H groups in total. The van der Waals surface area contributed by atoms with Gasteiger partial charge in [0.1, 0.15) is 5.75 Å². The van der Waals surface area contributed by atoms with Crippen LogP contribution < -0.4 is 4.74 Å². The molecule has 204 valence electrons. The average Bonchev–Trinajstić information content (AvgIpc) is 2.81. The van der Waals surface area contributed by atoms with Gasteiger partial charge in [0.15, 0.2) is 6.61 Å². The van der Waals surface area contributed by atoms with Gasteiger partial charge in [-0.05, 0) is 30.3 Å². The number of halogens is 9. The highest BCUT2D eigenvalue weighted by molar-refractivity contribution is 6.47. The molecule has 0 aliphatic carbocycles. The lowest BCUT2D eigenvalue weighted by Gasteiger charge is -2.06. The minimum Gasteiger partial charge on any atom is -0.480 e. The lowest BCUT2D eigenvalue weighted by atomic mass is 10.2. The Morgan fingerprint density at radius 2 is 0.921 bits per heavy atom. The molecule has 3 aromatic carbocycles. The van der Waals surface area contributed by atoms with Crippen molar-refractivity contribution in [3.05, 3.63) is 92.7 Å². The van der Waals surface area contributed by atoms with E-state index >= 15 is 0 Å². The van der Waals surface area contributed by atoms with Crippen molar-refractivity contribution >= 4 is 122 Å². The fourth-order valence-electron chi connectivity index (χ4n) is 2.20. The molecule has 0 aliphatic rings. The van der Waals surface area contributed by atoms with E-state index in [0.29, 0.717) is 5.02 Å². The van der Waals surface area contributed by atoms with Crippen LogP contribution in [0.4, 0.5) is 0 Å². The Morgan fingerprint density at radius 1 is 0.553 bits per heavy atom. The molecule has 38 heavy (non-hydrogen) atoms. The first-order valence-electron chi connectivity index (χ1n) is 9.31. The highest BCUT2D eigenvalue weighted by atomic mass is 35.5. The molecule has 0 aliphatic heterocycles.